The summed E-state index contributed by atoms with van der Waals surface area (Å²) in [7, 11) is 1.63. The van der Waals surface area contributed by atoms with Gasteiger partial charge in [-0.1, -0.05) is 42.5 Å². The zero-order valence-corrected chi connectivity index (χ0v) is 13.2. The van der Waals surface area contributed by atoms with Gasteiger partial charge < -0.3 is 15.4 Å². The number of thiocarbonyl (C=S) groups is 1. The van der Waals surface area contributed by atoms with E-state index in [4.69, 9.17) is 17.0 Å². The molecule has 0 unspecified atom stereocenters. The molecule has 0 bridgehead atoms. The lowest BCUT2D eigenvalue weighted by Crippen LogP contribution is -2.39. The average molecular weight is 314 g/mol. The lowest BCUT2D eigenvalue weighted by atomic mass is 10.1. The summed E-state index contributed by atoms with van der Waals surface area (Å²) in [4.78, 5) is 11.9. The van der Waals surface area contributed by atoms with Gasteiger partial charge in [-0.3, -0.25) is 4.79 Å². The summed E-state index contributed by atoms with van der Waals surface area (Å²) >= 11 is 5.13. The van der Waals surface area contributed by atoms with Crippen molar-refractivity contribution in [3.63, 3.8) is 0 Å². The molecule has 0 aromatic heterocycles. The van der Waals surface area contributed by atoms with Gasteiger partial charge in [-0.25, -0.2) is 0 Å². The van der Waals surface area contributed by atoms with Crippen LogP contribution in [-0.2, 0) is 17.8 Å². The highest BCUT2D eigenvalue weighted by Crippen LogP contribution is 2.10. The van der Waals surface area contributed by atoms with Crippen molar-refractivity contribution in [3.05, 3.63) is 65.7 Å². The first-order valence-corrected chi connectivity index (χ1v) is 7.33. The van der Waals surface area contributed by atoms with Crippen molar-refractivity contribution in [2.75, 3.05) is 7.11 Å². The Morgan fingerprint density at radius 2 is 1.73 bits per heavy atom. The van der Waals surface area contributed by atoms with Gasteiger partial charge >= 0.3 is 0 Å². The minimum atomic E-state index is -0.126. The van der Waals surface area contributed by atoms with E-state index in [0.29, 0.717) is 18.1 Å². The summed E-state index contributed by atoms with van der Waals surface area (Å²) in [6.45, 7) is 0.550. The van der Waals surface area contributed by atoms with Crippen LogP contribution in [0.25, 0.3) is 0 Å². The first-order chi connectivity index (χ1) is 10.7. The molecule has 0 atom stereocenters. The van der Waals surface area contributed by atoms with Crippen molar-refractivity contribution in [1.82, 2.24) is 10.6 Å². The number of amides is 1. The summed E-state index contributed by atoms with van der Waals surface area (Å²) in [5.74, 6) is 0.681. The van der Waals surface area contributed by atoms with Gasteiger partial charge in [0.05, 0.1) is 13.5 Å². The van der Waals surface area contributed by atoms with Crippen molar-refractivity contribution >= 4 is 23.2 Å². The van der Waals surface area contributed by atoms with E-state index in [9.17, 15) is 4.79 Å². The Morgan fingerprint density at radius 3 is 2.36 bits per heavy atom. The second-order valence-electron chi connectivity index (χ2n) is 4.74. The number of ether oxygens (including phenoxy) is 1. The van der Waals surface area contributed by atoms with E-state index >= 15 is 0 Å². The molecule has 2 N–H and O–H groups in total. The van der Waals surface area contributed by atoms with Crippen LogP contribution in [0.5, 0.6) is 5.75 Å². The SMILES string of the molecule is COc1ccc(CNC(=S)NC(=O)Cc2ccccc2)cc1. The molecule has 2 aromatic rings. The Bertz CT molecular complexity index is 627. The number of hydrogen-bond acceptors (Lipinski definition) is 3. The second kappa shape index (κ2) is 8.14. The highest BCUT2D eigenvalue weighted by molar-refractivity contribution is 7.80. The van der Waals surface area contributed by atoms with Crippen molar-refractivity contribution in [3.8, 4) is 5.75 Å². The fraction of sp³-hybridized carbons (Fsp3) is 0.176. The maximum absolute atomic E-state index is 11.9. The van der Waals surface area contributed by atoms with E-state index < -0.39 is 0 Å². The monoisotopic (exact) mass is 314 g/mol. The van der Waals surface area contributed by atoms with Crippen LogP contribution in [0, 0.1) is 0 Å². The number of benzene rings is 2. The Hall–Kier alpha value is -2.40. The highest BCUT2D eigenvalue weighted by Gasteiger charge is 2.05. The van der Waals surface area contributed by atoms with Crippen LogP contribution in [0.1, 0.15) is 11.1 Å². The molecule has 0 spiro atoms. The average Bonchev–Trinajstić information content (AvgIpc) is 2.54. The fourth-order valence-electron chi connectivity index (χ4n) is 1.92. The minimum Gasteiger partial charge on any atom is -0.497 e. The van der Waals surface area contributed by atoms with Crippen LogP contribution < -0.4 is 15.4 Å². The molecule has 22 heavy (non-hydrogen) atoms. The molecule has 114 valence electrons. The smallest absolute Gasteiger partial charge is 0.230 e. The van der Waals surface area contributed by atoms with Gasteiger partial charge in [-0.05, 0) is 35.5 Å². The van der Waals surface area contributed by atoms with Gasteiger partial charge in [0.25, 0.3) is 0 Å². The summed E-state index contributed by atoms with van der Waals surface area (Å²) in [5, 5.41) is 6.02. The first kappa shape index (κ1) is 16.0. The Balaban J connectivity index is 1.76. The quantitative estimate of drug-likeness (QED) is 0.832. The molecule has 0 radical (unpaired) electrons. The second-order valence-corrected chi connectivity index (χ2v) is 5.15. The molecule has 0 heterocycles. The van der Waals surface area contributed by atoms with Crippen LogP contribution in [-0.4, -0.2) is 18.1 Å². The van der Waals surface area contributed by atoms with Gasteiger partial charge in [-0.15, -0.1) is 0 Å². The van der Waals surface area contributed by atoms with Gasteiger partial charge in [0.15, 0.2) is 5.11 Å². The van der Waals surface area contributed by atoms with Crippen LogP contribution in [0.2, 0.25) is 0 Å². The summed E-state index contributed by atoms with van der Waals surface area (Å²) in [5.41, 5.74) is 2.01. The normalized spacial score (nSPS) is 9.86. The topological polar surface area (TPSA) is 50.4 Å². The van der Waals surface area contributed by atoms with E-state index in [2.05, 4.69) is 10.6 Å². The first-order valence-electron chi connectivity index (χ1n) is 6.92. The van der Waals surface area contributed by atoms with Crippen molar-refractivity contribution in [2.24, 2.45) is 0 Å². The number of carbonyl (C=O) groups excluding carboxylic acids is 1. The minimum absolute atomic E-state index is 0.126. The van der Waals surface area contributed by atoms with Crippen molar-refractivity contribution in [2.45, 2.75) is 13.0 Å². The number of carbonyl (C=O) groups is 1. The molecule has 0 aliphatic rings. The molecule has 0 saturated heterocycles. The lowest BCUT2D eigenvalue weighted by Gasteiger charge is -2.10. The van der Waals surface area contributed by atoms with Gasteiger partial charge in [0.2, 0.25) is 5.91 Å². The summed E-state index contributed by atoms with van der Waals surface area (Å²) in [6, 6.07) is 17.2. The molecular formula is C17H18N2O2S. The van der Waals surface area contributed by atoms with Gasteiger partial charge in [-0.2, -0.15) is 0 Å². The fourth-order valence-corrected chi connectivity index (χ4v) is 2.11. The molecule has 1 amide bonds. The zero-order valence-electron chi connectivity index (χ0n) is 12.3. The molecule has 2 rings (SSSR count). The van der Waals surface area contributed by atoms with Crippen molar-refractivity contribution in [1.29, 1.82) is 0 Å². The highest BCUT2D eigenvalue weighted by atomic mass is 32.1. The molecule has 0 fully saturated rings. The third-order valence-corrected chi connectivity index (χ3v) is 3.32. The lowest BCUT2D eigenvalue weighted by molar-refractivity contribution is -0.119. The van der Waals surface area contributed by atoms with E-state index in [1.54, 1.807) is 7.11 Å². The predicted octanol–water partition coefficient (Wildman–Crippen LogP) is 2.43. The largest absolute Gasteiger partial charge is 0.497 e. The van der Waals surface area contributed by atoms with E-state index in [1.807, 2.05) is 54.6 Å². The van der Waals surface area contributed by atoms with Crippen LogP contribution in [0.3, 0.4) is 0 Å². The number of nitrogens with one attached hydrogen (secondary N) is 2. The van der Waals surface area contributed by atoms with Gasteiger partial charge in [0, 0.05) is 6.54 Å². The molecule has 0 saturated carbocycles. The maximum atomic E-state index is 11.9. The van der Waals surface area contributed by atoms with Crippen LogP contribution >= 0.6 is 12.2 Å². The summed E-state index contributed by atoms with van der Waals surface area (Å²) in [6.07, 6.45) is 0.311. The zero-order chi connectivity index (χ0) is 15.8. The number of methoxy groups -OCH3 is 1. The van der Waals surface area contributed by atoms with Crippen molar-refractivity contribution < 1.29 is 9.53 Å². The molecule has 0 aliphatic heterocycles. The standard InChI is InChI=1S/C17H18N2O2S/c1-21-15-9-7-14(8-10-15)12-18-17(22)19-16(20)11-13-5-3-2-4-6-13/h2-10H,11-12H2,1H3,(H2,18,19,20,22). The Kier molecular flexibility index (Phi) is 5.91. The Labute approximate surface area is 135 Å². The molecule has 2 aromatic carbocycles. The predicted molar refractivity (Wildman–Crippen MR) is 90.7 cm³/mol. The molecule has 4 nitrogen and oxygen atoms in total. The molecular weight excluding hydrogens is 296 g/mol. The van der Waals surface area contributed by atoms with Crippen LogP contribution in [0.4, 0.5) is 0 Å². The molecule has 0 aliphatic carbocycles. The third-order valence-electron chi connectivity index (χ3n) is 3.07. The van der Waals surface area contributed by atoms with E-state index in [1.165, 1.54) is 0 Å². The van der Waals surface area contributed by atoms with E-state index in [-0.39, 0.29) is 5.91 Å². The van der Waals surface area contributed by atoms with Crippen LogP contribution in [0.15, 0.2) is 54.6 Å². The third kappa shape index (κ3) is 5.18. The number of rotatable bonds is 5. The summed E-state index contributed by atoms with van der Waals surface area (Å²) < 4.78 is 5.10. The van der Waals surface area contributed by atoms with Gasteiger partial charge in [0.1, 0.15) is 5.75 Å². The molecule has 5 heteroatoms. The van der Waals surface area contributed by atoms with E-state index in [0.717, 1.165) is 16.9 Å². The Morgan fingerprint density at radius 1 is 1.05 bits per heavy atom. The maximum Gasteiger partial charge on any atom is 0.230 e. The number of hydrogen-bond donors (Lipinski definition) is 2.